The molecule has 3 aliphatic heterocycles. The number of amidine groups is 1. The van der Waals surface area contributed by atoms with Gasteiger partial charge in [-0.15, -0.1) is 11.3 Å². The summed E-state index contributed by atoms with van der Waals surface area (Å²) in [5.41, 5.74) is 4.72. The lowest BCUT2D eigenvalue weighted by molar-refractivity contribution is -0.178. The number of thiazole rings is 1. The number of nitrogens with two attached hydrogens (primary N) is 1. The molecule has 8 N–H and O–H groups in total. The van der Waals surface area contributed by atoms with Gasteiger partial charge in [-0.2, -0.15) is 0 Å². The quantitative estimate of drug-likeness (QED) is 0.0905. The van der Waals surface area contributed by atoms with Gasteiger partial charge in [-0.05, 0) is 83.2 Å². The number of aryl methyl sites for hydroxylation is 1. The number of fused-ring (bicyclic) bond motifs is 1. The van der Waals surface area contributed by atoms with Crippen molar-refractivity contribution in [3.63, 3.8) is 0 Å². The number of carbonyl (C=O) groups excluding carboxylic acids is 2. The van der Waals surface area contributed by atoms with Gasteiger partial charge in [0, 0.05) is 22.5 Å². The zero-order chi connectivity index (χ0) is 31.4. The number of hydrogen-bond acceptors (Lipinski definition) is 11. The number of oxime groups is 1. The lowest BCUT2D eigenvalue weighted by Gasteiger charge is -2.55. The average Bonchev–Trinajstić information content (AvgIpc) is 3.36. The van der Waals surface area contributed by atoms with Gasteiger partial charge >= 0.3 is 5.97 Å². The fourth-order valence-electron chi connectivity index (χ4n) is 6.17. The first-order valence-electron chi connectivity index (χ1n) is 14.5. The summed E-state index contributed by atoms with van der Waals surface area (Å²) in [5, 5.41) is 36.6. The number of anilines is 1. The molecule has 44 heavy (non-hydrogen) atoms. The van der Waals surface area contributed by atoms with E-state index in [9.17, 15) is 19.5 Å². The molecule has 6 rings (SSSR count). The van der Waals surface area contributed by atoms with Crippen LogP contribution >= 0.6 is 11.3 Å². The van der Waals surface area contributed by atoms with Gasteiger partial charge in [0.2, 0.25) is 5.91 Å². The number of benzene rings is 1. The van der Waals surface area contributed by atoms with Gasteiger partial charge in [-0.3, -0.25) is 15.0 Å². The minimum atomic E-state index is -1.99. The number of carboxylic acid groups (broad SMARTS) is 1. The Balaban J connectivity index is 1.16. The Morgan fingerprint density at radius 3 is 2.66 bits per heavy atom. The molecular formula is C29H36N8O6S. The highest BCUT2D eigenvalue weighted by Crippen LogP contribution is 2.40. The van der Waals surface area contributed by atoms with Crippen molar-refractivity contribution in [3.05, 3.63) is 40.4 Å². The van der Waals surface area contributed by atoms with Crippen LogP contribution in [-0.4, -0.2) is 80.8 Å². The summed E-state index contributed by atoms with van der Waals surface area (Å²) in [4.78, 5) is 47.6. The van der Waals surface area contributed by atoms with Gasteiger partial charge in [0.1, 0.15) is 23.3 Å². The van der Waals surface area contributed by atoms with Gasteiger partial charge in [0.15, 0.2) is 16.9 Å². The third kappa shape index (κ3) is 5.34. The fourth-order valence-corrected chi connectivity index (χ4v) is 6.71. The van der Waals surface area contributed by atoms with Crippen molar-refractivity contribution in [1.82, 2.24) is 26.3 Å². The van der Waals surface area contributed by atoms with Gasteiger partial charge in [0.05, 0.1) is 5.54 Å². The summed E-state index contributed by atoms with van der Waals surface area (Å²) in [5.74, 6) is -1.63. The van der Waals surface area contributed by atoms with Crippen LogP contribution in [0.25, 0.3) is 0 Å². The van der Waals surface area contributed by atoms with Crippen molar-refractivity contribution < 1.29 is 29.1 Å². The van der Waals surface area contributed by atoms with Crippen molar-refractivity contribution in [2.75, 3.05) is 12.3 Å². The van der Waals surface area contributed by atoms with Crippen LogP contribution in [-0.2, 0) is 25.6 Å². The highest BCUT2D eigenvalue weighted by molar-refractivity contribution is 7.13. The number of amides is 2. The third-order valence-electron chi connectivity index (χ3n) is 9.07. The summed E-state index contributed by atoms with van der Waals surface area (Å²) < 4.78 is 6.13. The molecule has 0 bridgehead atoms. The van der Waals surface area contributed by atoms with E-state index in [0.29, 0.717) is 18.0 Å². The number of hydrogen-bond donors (Lipinski definition) is 7. The summed E-state index contributed by atoms with van der Waals surface area (Å²) in [6.45, 7) is 5.90. The summed E-state index contributed by atoms with van der Waals surface area (Å²) >= 11 is 1.07. The van der Waals surface area contributed by atoms with Crippen LogP contribution in [0.2, 0.25) is 0 Å². The van der Waals surface area contributed by atoms with Crippen molar-refractivity contribution in [2.24, 2.45) is 5.16 Å². The van der Waals surface area contributed by atoms with Crippen molar-refractivity contribution >= 4 is 45.8 Å². The molecule has 14 nitrogen and oxygen atoms in total. The number of nitrogens with one attached hydrogen (secondary N) is 5. The van der Waals surface area contributed by atoms with Gasteiger partial charge in [-0.25, -0.2) is 9.78 Å². The molecule has 1 saturated carbocycles. The molecule has 1 aliphatic carbocycles. The maximum atomic E-state index is 13.3. The maximum Gasteiger partial charge on any atom is 0.354 e. The molecule has 0 unspecified atom stereocenters. The molecule has 234 valence electrons. The first-order chi connectivity index (χ1) is 20.8. The van der Waals surface area contributed by atoms with Crippen LogP contribution in [0.1, 0.15) is 63.3 Å². The average molecular weight is 625 g/mol. The van der Waals surface area contributed by atoms with Crippen LogP contribution in [0, 0.1) is 5.41 Å². The molecule has 3 fully saturated rings. The minimum absolute atomic E-state index is 0.0785. The molecule has 15 heteroatoms. The van der Waals surface area contributed by atoms with Crippen LogP contribution < -0.4 is 31.7 Å². The van der Waals surface area contributed by atoms with E-state index in [4.69, 9.17) is 20.7 Å². The van der Waals surface area contributed by atoms with Crippen LogP contribution in [0.3, 0.4) is 0 Å². The second-order valence-electron chi connectivity index (χ2n) is 12.7. The number of carbonyl (C=O) groups is 3. The lowest BCUT2D eigenvalue weighted by atomic mass is 9.66. The first-order valence-corrected chi connectivity index (χ1v) is 15.4. The number of rotatable bonds is 9. The Bertz CT molecular complexity index is 1560. The van der Waals surface area contributed by atoms with E-state index < -0.39 is 35.2 Å². The Labute approximate surface area is 257 Å². The molecule has 4 heterocycles. The van der Waals surface area contributed by atoms with Gasteiger partial charge in [-0.1, -0.05) is 5.16 Å². The Morgan fingerprint density at radius 2 is 2.07 bits per heavy atom. The van der Waals surface area contributed by atoms with Crippen LogP contribution in [0.4, 0.5) is 5.13 Å². The first kappa shape index (κ1) is 29.8. The van der Waals surface area contributed by atoms with E-state index in [1.54, 1.807) is 26.0 Å². The predicted molar refractivity (Wildman–Crippen MR) is 162 cm³/mol. The van der Waals surface area contributed by atoms with Gasteiger partial charge < -0.3 is 41.7 Å². The van der Waals surface area contributed by atoms with Crippen molar-refractivity contribution in [1.29, 1.82) is 5.41 Å². The number of carboxylic acids is 1. The molecule has 1 aromatic heterocycles. The van der Waals surface area contributed by atoms with E-state index in [1.807, 2.05) is 6.07 Å². The number of nitrogen functional groups attached to an aromatic ring is 1. The van der Waals surface area contributed by atoms with Crippen LogP contribution in [0.5, 0.6) is 5.75 Å². The van der Waals surface area contributed by atoms with Crippen molar-refractivity contribution in [2.45, 2.75) is 87.7 Å². The zero-order valence-electron chi connectivity index (χ0n) is 24.7. The van der Waals surface area contributed by atoms with Crippen molar-refractivity contribution in [3.8, 4) is 5.75 Å². The van der Waals surface area contributed by atoms with E-state index >= 15 is 0 Å². The number of ether oxygens (including phenoxy) is 1. The van der Waals surface area contributed by atoms with Crippen LogP contribution in [0.15, 0.2) is 28.7 Å². The second-order valence-corrected chi connectivity index (χ2v) is 13.6. The molecular weight excluding hydrogens is 588 g/mol. The Morgan fingerprint density at radius 1 is 1.32 bits per heavy atom. The number of nitrogens with zero attached hydrogens (tertiary/aromatic N) is 2. The highest BCUT2D eigenvalue weighted by atomic mass is 32.1. The second kappa shape index (κ2) is 10.7. The monoisotopic (exact) mass is 624 g/mol. The largest absolute Gasteiger partial charge is 0.485 e. The Kier molecular flexibility index (Phi) is 7.27. The molecule has 2 saturated heterocycles. The van der Waals surface area contributed by atoms with E-state index in [2.05, 4.69) is 31.4 Å². The Hall–Kier alpha value is -4.24. The summed E-state index contributed by atoms with van der Waals surface area (Å²) in [7, 11) is 0. The van der Waals surface area contributed by atoms with E-state index in [-0.39, 0.29) is 40.4 Å². The predicted octanol–water partition coefficient (Wildman–Crippen LogP) is 0.886. The third-order valence-corrected chi connectivity index (χ3v) is 9.74. The van der Waals surface area contributed by atoms with E-state index in [0.717, 1.165) is 41.9 Å². The molecule has 1 aromatic carbocycles. The topological polar surface area (TPSA) is 213 Å². The number of aliphatic carboxylic acids is 1. The molecule has 2 aromatic rings. The molecule has 0 radical (unpaired) electrons. The standard InChI is InChI=1S/C29H36N8O6S/c1-27(2)21(24(39)36-27)35-23(38)20(17-13-44-26(31)34-17)37-43-28(3,25(40)41)19-7-5-14-10-15(4-6-18(14)42-19)22(30)33-16-11-29(12-16)8-9-32-29/h4,6,10,13,16,19,21,32H,5,7-9,11-12H2,1-3H3,(H2,30,33)(H2,31,34)(H,35,38)(H,36,39)(H,40,41)/b37-20-/t16-,19-,21-,28+,29-/m1/s1. The normalized spacial score (nSPS) is 28.0. The molecule has 4 aliphatic rings. The van der Waals surface area contributed by atoms with E-state index in [1.165, 1.54) is 18.7 Å². The zero-order valence-corrected chi connectivity index (χ0v) is 25.5. The molecule has 1 spiro atoms. The summed E-state index contributed by atoms with van der Waals surface area (Å²) in [6.07, 6.45) is 3.01. The smallest absolute Gasteiger partial charge is 0.354 e. The highest BCUT2D eigenvalue weighted by Gasteiger charge is 2.50. The number of aromatic nitrogens is 1. The summed E-state index contributed by atoms with van der Waals surface area (Å²) in [6, 6.07) is 4.84. The maximum absolute atomic E-state index is 13.3. The minimum Gasteiger partial charge on any atom is -0.485 e. The fraction of sp³-hybridized carbons (Fsp3) is 0.517. The number of β-lactam (4-membered cyclic amide) rings is 1. The molecule has 2 amide bonds. The van der Waals surface area contributed by atoms with Gasteiger partial charge in [0.25, 0.3) is 11.5 Å². The molecule has 3 atom stereocenters. The SMILES string of the molecule is CC1(C)NC(=O)[C@H]1NC(=O)/C(=N\O[C@](C)(C(=O)O)[C@H]1CCc2cc(C(=N)N[C@H]3C[C@@]4(CCN4)C3)ccc2O1)c1csc(N)n1. The lowest BCUT2D eigenvalue weighted by Crippen LogP contribution is -2.75.